The smallest absolute Gasteiger partial charge is 0.246 e. The van der Waals surface area contributed by atoms with Gasteiger partial charge < -0.3 is 15.4 Å². The molecule has 1 fully saturated rings. The summed E-state index contributed by atoms with van der Waals surface area (Å²) in [6.45, 7) is -4.40. The van der Waals surface area contributed by atoms with Crippen molar-refractivity contribution < 1.29 is 34.2 Å². The van der Waals surface area contributed by atoms with E-state index in [0.717, 1.165) is 6.33 Å². The van der Waals surface area contributed by atoms with Gasteiger partial charge in [0.2, 0.25) is 5.91 Å². The Kier molecular flexibility index (Phi) is 2.28. The molecular weight excluding hydrogens is 416 g/mol. The highest BCUT2D eigenvalue weighted by Crippen LogP contribution is 2.34. The number of rotatable bonds is 5. The summed E-state index contributed by atoms with van der Waals surface area (Å²) in [5.41, 5.74) is 3.90. The first-order valence-electron chi connectivity index (χ1n) is 18.1. The van der Waals surface area contributed by atoms with Crippen LogP contribution in [0.4, 0.5) is 5.82 Å². The molecule has 33 heavy (non-hydrogen) atoms. The number of hydrogen-bond donors (Lipinski definition) is 1. The van der Waals surface area contributed by atoms with Crippen molar-refractivity contribution in [3.63, 3.8) is 0 Å². The summed E-state index contributed by atoms with van der Waals surface area (Å²) in [5, 5.41) is 3.55. The van der Waals surface area contributed by atoms with Crippen molar-refractivity contribution >= 4 is 22.8 Å². The van der Waals surface area contributed by atoms with Gasteiger partial charge in [0, 0.05) is 26.8 Å². The largest absolute Gasteiger partial charge is 0.457 e. The molecule has 0 unspecified atom stereocenters. The average Bonchev–Trinajstić information content (AvgIpc) is 3.44. The van der Waals surface area contributed by atoms with E-state index in [1.165, 1.54) is 0 Å². The Bertz CT molecular complexity index is 2130. The third-order valence-corrected chi connectivity index (χ3v) is 4.19. The van der Waals surface area contributed by atoms with E-state index >= 15 is 0 Å². The van der Waals surface area contributed by atoms with Crippen molar-refractivity contribution in [2.24, 2.45) is 0 Å². The number of benzene rings is 2. The number of amides is 1. The minimum absolute atomic E-state index is 0.162. The lowest BCUT2D eigenvalue weighted by molar-refractivity contribution is -0.127. The second-order valence-corrected chi connectivity index (χ2v) is 6.18. The van der Waals surface area contributed by atoms with Crippen LogP contribution in [-0.2, 0) is 4.79 Å². The van der Waals surface area contributed by atoms with E-state index in [-0.39, 0.29) is 9.58 Å². The van der Waals surface area contributed by atoms with Crippen molar-refractivity contribution in [3.8, 4) is 22.8 Å². The molecule has 4 aromatic rings. The minimum atomic E-state index is -3.93. The first kappa shape index (κ1) is 8.62. The zero-order valence-corrected chi connectivity index (χ0v) is 16.5. The van der Waals surface area contributed by atoms with E-state index in [9.17, 15) is 6.17 Å². The molecule has 1 atom stereocenters. The number of aromatic nitrogens is 4. The fraction of sp³-hybridized carbons (Fsp3) is 0.200. The molecule has 3 heterocycles. The molecule has 0 radical (unpaired) electrons. The number of ether oxygens (including phenoxy) is 1. The van der Waals surface area contributed by atoms with Gasteiger partial charge in [0.1, 0.15) is 29.3 Å². The Hall–Kier alpha value is -4.20. The third kappa shape index (κ3) is 4.03. The van der Waals surface area contributed by atoms with E-state index in [0.29, 0.717) is 6.08 Å². The quantitative estimate of drug-likeness (QED) is 0.450. The number of fused-ring (bicyclic) bond motifs is 1. The van der Waals surface area contributed by atoms with E-state index in [4.69, 9.17) is 33.8 Å². The molecule has 1 aliphatic heterocycles. The third-order valence-electron chi connectivity index (χ3n) is 4.19. The van der Waals surface area contributed by atoms with Crippen molar-refractivity contribution in [2.45, 2.75) is 18.8 Å². The summed E-state index contributed by atoms with van der Waals surface area (Å²) in [5.74, 6) is -3.82. The molecule has 166 valence electrons. The molecule has 2 N–H and O–H groups in total. The van der Waals surface area contributed by atoms with Crippen LogP contribution in [0.5, 0.6) is 11.5 Å². The van der Waals surface area contributed by atoms with Crippen LogP contribution in [0, 0.1) is 0 Å². The zero-order chi connectivity index (χ0) is 38.7. The van der Waals surface area contributed by atoms with Gasteiger partial charge in [0.15, 0.2) is 5.65 Å². The van der Waals surface area contributed by atoms with Crippen LogP contribution < -0.4 is 10.5 Å². The van der Waals surface area contributed by atoms with Gasteiger partial charge in [0.05, 0.1) is 27.9 Å². The standard InChI is InChI=1S/C25H24N6O2/c1-2-21(32)30-14-6-7-18(15-30)31-25-22(24(26)27-16-28-25)23(29-31)17-10-12-20(13-11-17)33-19-8-4-3-5-9-19/h2-5,8-13,16,18H,1,6-7,14-15H2,(H2,26,27,28)/t18-/m1/s1/i3D,4D,5D,6D2,7D2,8D,9D,10D,11D,12D,13D,14D2,15D2,18D. The molecule has 1 aliphatic rings. The molecule has 0 saturated carbocycles. The monoisotopic (exact) mass is 458 g/mol. The van der Waals surface area contributed by atoms with E-state index in [2.05, 4.69) is 21.6 Å². The lowest BCUT2D eigenvalue weighted by Gasteiger charge is -2.32. The Morgan fingerprint density at radius 2 is 1.97 bits per heavy atom. The number of hydrogen-bond acceptors (Lipinski definition) is 6. The molecular formula is C25H24N6O2. The number of anilines is 1. The van der Waals surface area contributed by atoms with Crippen molar-refractivity contribution in [2.75, 3.05) is 18.7 Å². The Morgan fingerprint density at radius 1 is 1.21 bits per heavy atom. The molecule has 2 aromatic carbocycles. The lowest BCUT2D eigenvalue weighted by Crippen LogP contribution is -2.40. The van der Waals surface area contributed by atoms with Crippen LogP contribution >= 0.6 is 0 Å². The first-order chi connectivity index (χ1) is 23.3. The van der Waals surface area contributed by atoms with Crippen LogP contribution in [0.25, 0.3) is 22.3 Å². The molecule has 8 nitrogen and oxygen atoms in total. The van der Waals surface area contributed by atoms with Crippen LogP contribution in [0.2, 0.25) is 0 Å². The summed E-state index contributed by atoms with van der Waals surface area (Å²) >= 11 is 0. The van der Waals surface area contributed by atoms with Gasteiger partial charge in [-0.05, 0) is 55.1 Å². The normalized spacial score (nSPS) is 32.2. The fourth-order valence-corrected chi connectivity index (χ4v) is 2.77. The van der Waals surface area contributed by atoms with Crippen molar-refractivity contribution in [1.29, 1.82) is 0 Å². The molecule has 0 spiro atoms. The number of likely N-dealkylation sites (tertiary alicyclic amines) is 1. The van der Waals surface area contributed by atoms with E-state index < -0.39 is 132 Å². The van der Waals surface area contributed by atoms with Crippen LogP contribution in [0.1, 0.15) is 43.4 Å². The van der Waals surface area contributed by atoms with E-state index in [1.807, 2.05) is 0 Å². The number of carbonyl (C=O) groups excluding carboxylic acids is 1. The predicted octanol–water partition coefficient (Wildman–Crippen LogP) is 4.22. The summed E-state index contributed by atoms with van der Waals surface area (Å²) in [7, 11) is 0. The topological polar surface area (TPSA) is 99.2 Å². The average molecular weight is 459 g/mol. The summed E-state index contributed by atoms with van der Waals surface area (Å²) < 4.78 is 158. The molecule has 8 heteroatoms. The van der Waals surface area contributed by atoms with Crippen molar-refractivity contribution in [3.05, 3.63) is 73.4 Å². The highest BCUT2D eigenvalue weighted by molar-refractivity contribution is 5.98. The first-order valence-corrected chi connectivity index (χ1v) is 9.10. The van der Waals surface area contributed by atoms with Gasteiger partial charge in [0.25, 0.3) is 0 Å². The maximum absolute atomic E-state index is 12.9. The van der Waals surface area contributed by atoms with Crippen molar-refractivity contribution in [1.82, 2.24) is 24.6 Å². The molecule has 0 aliphatic carbocycles. The van der Waals surface area contributed by atoms with Gasteiger partial charge in [-0.3, -0.25) is 4.79 Å². The van der Waals surface area contributed by atoms with Gasteiger partial charge >= 0.3 is 0 Å². The highest BCUT2D eigenvalue weighted by atomic mass is 16.5. The summed E-state index contributed by atoms with van der Waals surface area (Å²) in [6.07, 6.45) is -6.60. The number of piperidine rings is 1. The molecule has 1 amide bonds. The van der Waals surface area contributed by atoms with Gasteiger partial charge in [-0.1, -0.05) is 24.7 Å². The van der Waals surface area contributed by atoms with Crippen LogP contribution in [0.15, 0.2) is 73.4 Å². The van der Waals surface area contributed by atoms with Crippen LogP contribution in [-0.4, -0.2) is 43.5 Å². The summed E-state index contributed by atoms with van der Waals surface area (Å²) in [4.78, 5) is 20.3. The highest BCUT2D eigenvalue weighted by Gasteiger charge is 2.28. The zero-order valence-electron chi connectivity index (χ0n) is 34.5. The van der Waals surface area contributed by atoms with Gasteiger partial charge in [-0.25, -0.2) is 14.6 Å². The predicted molar refractivity (Wildman–Crippen MR) is 127 cm³/mol. The molecule has 0 bridgehead atoms. The van der Waals surface area contributed by atoms with Gasteiger partial charge in [-0.2, -0.15) is 5.10 Å². The molecule has 2 aromatic heterocycles. The fourth-order valence-electron chi connectivity index (χ4n) is 2.77. The Morgan fingerprint density at radius 3 is 2.73 bits per heavy atom. The second-order valence-electron chi connectivity index (χ2n) is 6.18. The maximum Gasteiger partial charge on any atom is 0.246 e. The number of para-hydroxylation sites is 1. The maximum atomic E-state index is 12.9. The molecule has 1 saturated heterocycles. The Labute approximate surface area is 216 Å². The lowest BCUT2D eigenvalue weighted by atomic mass is 10.1. The number of nitrogens with two attached hydrogens (primary N) is 1. The second kappa shape index (κ2) is 8.74. The minimum Gasteiger partial charge on any atom is -0.457 e. The number of carbonyl (C=O) groups is 1. The van der Waals surface area contributed by atoms with Gasteiger partial charge in [-0.15, -0.1) is 0 Å². The molecule has 5 rings (SSSR count). The SMILES string of the molecule is [2H]c1c([2H])c([2H])c(Oc2c([2H])c([2H])c(-c3nn([C@@]4([2H])C([2H])([2H])N(C(=O)C=C)C([2H])([2H])C([2H])([2H])C4([2H])[2H])c4ncnc(N)c34)c([2H])c2[2H])c([2H])c1[2H]. The summed E-state index contributed by atoms with van der Waals surface area (Å²) in [6, 6.07) is -11.9. The van der Waals surface area contributed by atoms with E-state index in [1.54, 1.807) is 0 Å². The van der Waals surface area contributed by atoms with Crippen LogP contribution in [0.3, 0.4) is 0 Å². The number of nitrogen functional groups attached to an aromatic ring is 1. The number of nitrogens with zero attached hydrogens (tertiary/aromatic N) is 5. The Balaban J connectivity index is 1.85.